The number of carbonyl (C=O) groups is 1. The first-order valence-corrected chi connectivity index (χ1v) is 9.29. The van der Waals surface area contributed by atoms with Crippen molar-refractivity contribution in [2.24, 2.45) is 0 Å². The average Bonchev–Trinajstić information content (AvgIpc) is 3.16. The molecular formula is C19H28ClN3O3. The van der Waals surface area contributed by atoms with Crippen molar-refractivity contribution in [1.82, 2.24) is 9.80 Å². The zero-order valence-electron chi connectivity index (χ0n) is 15.3. The van der Waals surface area contributed by atoms with Crippen LogP contribution in [-0.4, -0.2) is 52.9 Å². The molecule has 2 fully saturated rings. The molecular weight excluding hydrogens is 354 g/mol. The van der Waals surface area contributed by atoms with Gasteiger partial charge in [0.15, 0.2) is 0 Å². The van der Waals surface area contributed by atoms with Gasteiger partial charge >= 0.3 is 11.9 Å². The van der Waals surface area contributed by atoms with Gasteiger partial charge in [-0.1, -0.05) is 43.2 Å². The Labute approximate surface area is 161 Å². The summed E-state index contributed by atoms with van der Waals surface area (Å²) in [5, 5.41) is 11.6. The molecule has 3 rings (SSSR count). The van der Waals surface area contributed by atoms with Crippen LogP contribution in [0.1, 0.15) is 50.1 Å². The van der Waals surface area contributed by atoms with Crippen LogP contribution in [0.2, 0.25) is 0 Å². The first-order valence-electron chi connectivity index (χ1n) is 9.29. The first-order chi connectivity index (χ1) is 12.1. The molecule has 1 saturated heterocycles. The monoisotopic (exact) mass is 381 g/mol. The highest BCUT2D eigenvalue weighted by atomic mass is 35.5. The van der Waals surface area contributed by atoms with E-state index in [1.165, 1.54) is 19.3 Å². The minimum Gasteiger partial charge on any atom is -0.335 e. The highest BCUT2D eigenvalue weighted by molar-refractivity contribution is 5.85. The second-order valence-corrected chi connectivity index (χ2v) is 7.21. The average molecular weight is 382 g/mol. The summed E-state index contributed by atoms with van der Waals surface area (Å²) in [6.45, 7) is 2.17. The second kappa shape index (κ2) is 9.33. The number of carbonyl (C=O) groups excluding carboxylic acids is 1. The van der Waals surface area contributed by atoms with Crippen molar-refractivity contribution in [2.45, 2.75) is 56.7 Å². The number of likely N-dealkylation sites (N-methyl/N-ethyl adjacent to an activating group) is 1. The fraction of sp³-hybridized carbons (Fsp3) is 0.632. The van der Waals surface area contributed by atoms with E-state index in [0.717, 1.165) is 32.4 Å². The Balaban J connectivity index is 0.00000243. The number of benzene rings is 1. The number of hydrogen-bond donors (Lipinski definition) is 0. The number of amides is 1. The van der Waals surface area contributed by atoms with Gasteiger partial charge in [0.05, 0.1) is 0 Å². The van der Waals surface area contributed by atoms with Crippen LogP contribution >= 0.6 is 12.4 Å². The zero-order valence-corrected chi connectivity index (χ0v) is 16.1. The van der Waals surface area contributed by atoms with E-state index in [1.54, 1.807) is 42.3 Å². The van der Waals surface area contributed by atoms with E-state index in [2.05, 4.69) is 4.90 Å². The Kier molecular flexibility index (Phi) is 7.41. The highest BCUT2D eigenvalue weighted by Crippen LogP contribution is 2.31. The molecule has 0 radical (unpaired) electrons. The molecule has 3 atom stereocenters. The summed E-state index contributed by atoms with van der Waals surface area (Å²) in [5.74, 6) is -0.396. The van der Waals surface area contributed by atoms with E-state index < -0.39 is 16.9 Å². The lowest BCUT2D eigenvalue weighted by Crippen LogP contribution is -2.54. The summed E-state index contributed by atoms with van der Waals surface area (Å²) in [5.41, 5.74) is 0.456. The van der Waals surface area contributed by atoms with Crippen LogP contribution in [0, 0.1) is 10.1 Å². The maximum absolute atomic E-state index is 13.0. The van der Waals surface area contributed by atoms with E-state index in [9.17, 15) is 14.9 Å². The van der Waals surface area contributed by atoms with Crippen LogP contribution in [-0.2, 0) is 4.79 Å². The number of nitrogens with zero attached hydrogens (tertiary/aromatic N) is 3. The summed E-state index contributed by atoms with van der Waals surface area (Å²) in [4.78, 5) is 28.3. The number of nitro groups is 1. The maximum atomic E-state index is 13.0. The van der Waals surface area contributed by atoms with E-state index in [-0.39, 0.29) is 18.4 Å². The van der Waals surface area contributed by atoms with Crippen LogP contribution < -0.4 is 0 Å². The van der Waals surface area contributed by atoms with Gasteiger partial charge in [-0.05, 0) is 38.8 Å². The van der Waals surface area contributed by atoms with Crippen LogP contribution in [0.25, 0.3) is 0 Å². The molecule has 0 aromatic heterocycles. The van der Waals surface area contributed by atoms with Gasteiger partial charge in [0.1, 0.15) is 0 Å². The maximum Gasteiger partial charge on any atom is 0.314 e. The number of halogens is 1. The Morgan fingerprint density at radius 3 is 2.38 bits per heavy atom. The Morgan fingerprint density at radius 1 is 1.15 bits per heavy atom. The van der Waals surface area contributed by atoms with Gasteiger partial charge < -0.3 is 4.90 Å². The molecule has 26 heavy (non-hydrogen) atoms. The van der Waals surface area contributed by atoms with Crippen LogP contribution in [0.3, 0.4) is 0 Å². The third-order valence-electron chi connectivity index (χ3n) is 5.71. The first kappa shape index (κ1) is 20.6. The fourth-order valence-electron chi connectivity index (χ4n) is 4.39. The fourth-order valence-corrected chi connectivity index (χ4v) is 4.39. The molecule has 3 unspecified atom stereocenters. The quantitative estimate of drug-likeness (QED) is 0.579. The number of hydrogen-bond acceptors (Lipinski definition) is 4. The van der Waals surface area contributed by atoms with Crippen molar-refractivity contribution in [3.63, 3.8) is 0 Å². The molecule has 1 aliphatic heterocycles. The Hall–Kier alpha value is -1.66. The molecule has 7 heteroatoms. The van der Waals surface area contributed by atoms with Crippen molar-refractivity contribution >= 4 is 18.3 Å². The van der Waals surface area contributed by atoms with Crippen molar-refractivity contribution in [3.8, 4) is 0 Å². The molecule has 1 saturated carbocycles. The second-order valence-electron chi connectivity index (χ2n) is 7.21. The molecule has 0 N–H and O–H groups in total. The summed E-state index contributed by atoms with van der Waals surface area (Å²) >= 11 is 0. The van der Waals surface area contributed by atoms with Crippen molar-refractivity contribution in [1.29, 1.82) is 0 Å². The summed E-state index contributed by atoms with van der Waals surface area (Å²) < 4.78 is 0. The van der Waals surface area contributed by atoms with Gasteiger partial charge in [0, 0.05) is 29.6 Å². The predicted octanol–water partition coefficient (Wildman–Crippen LogP) is 3.29. The molecule has 0 spiro atoms. The Bertz CT molecular complexity index is 607. The number of rotatable bonds is 5. The SMILES string of the molecule is CN(C(=O)C(c1ccccc1)[N+](=O)[O-])C1CCCCC1N1CCCC1.Cl. The third-order valence-corrected chi connectivity index (χ3v) is 5.71. The molecule has 1 heterocycles. The Morgan fingerprint density at radius 2 is 1.77 bits per heavy atom. The largest absolute Gasteiger partial charge is 0.335 e. The minimum absolute atomic E-state index is 0. The standard InChI is InChI=1S/C19H27N3O3.ClH/c1-20(16-11-5-6-12-17(16)21-13-7-8-14-21)19(23)18(22(24)25)15-9-3-2-4-10-15;/h2-4,9-10,16-18H,5-8,11-14H2,1H3;1H. The lowest BCUT2D eigenvalue weighted by molar-refractivity contribution is -0.515. The van der Waals surface area contributed by atoms with Crippen molar-refractivity contribution in [3.05, 3.63) is 46.0 Å². The van der Waals surface area contributed by atoms with Crippen LogP contribution in [0.4, 0.5) is 0 Å². The normalized spacial score (nSPS) is 24.5. The molecule has 2 aliphatic rings. The highest BCUT2D eigenvalue weighted by Gasteiger charge is 2.41. The van der Waals surface area contributed by atoms with Gasteiger partial charge in [0.2, 0.25) is 0 Å². The smallest absolute Gasteiger partial charge is 0.314 e. The van der Waals surface area contributed by atoms with Gasteiger partial charge in [-0.25, -0.2) is 0 Å². The van der Waals surface area contributed by atoms with Gasteiger partial charge in [-0.2, -0.15) is 0 Å². The molecule has 1 amide bonds. The molecule has 1 aromatic carbocycles. The van der Waals surface area contributed by atoms with E-state index >= 15 is 0 Å². The lowest BCUT2D eigenvalue weighted by atomic mass is 9.87. The zero-order chi connectivity index (χ0) is 17.8. The van der Waals surface area contributed by atoms with E-state index in [4.69, 9.17) is 0 Å². The molecule has 0 bridgehead atoms. The van der Waals surface area contributed by atoms with Crippen molar-refractivity contribution < 1.29 is 9.72 Å². The minimum atomic E-state index is -1.31. The number of likely N-dealkylation sites (tertiary alicyclic amines) is 1. The van der Waals surface area contributed by atoms with Gasteiger partial charge in [-0.3, -0.25) is 19.8 Å². The van der Waals surface area contributed by atoms with Gasteiger partial charge in [-0.15, -0.1) is 12.4 Å². The third kappa shape index (κ3) is 4.35. The van der Waals surface area contributed by atoms with Crippen molar-refractivity contribution in [2.75, 3.05) is 20.1 Å². The van der Waals surface area contributed by atoms with E-state index in [0.29, 0.717) is 11.6 Å². The molecule has 144 valence electrons. The predicted molar refractivity (Wildman–Crippen MR) is 103 cm³/mol. The lowest BCUT2D eigenvalue weighted by Gasteiger charge is -2.42. The van der Waals surface area contributed by atoms with Gasteiger partial charge in [0.25, 0.3) is 0 Å². The summed E-state index contributed by atoms with van der Waals surface area (Å²) in [6.07, 6.45) is 6.70. The summed E-state index contributed by atoms with van der Waals surface area (Å²) in [6, 6.07) is 7.72. The van der Waals surface area contributed by atoms with E-state index in [1.807, 2.05) is 0 Å². The summed E-state index contributed by atoms with van der Waals surface area (Å²) in [7, 11) is 1.75. The molecule has 1 aromatic rings. The molecule has 1 aliphatic carbocycles. The van der Waals surface area contributed by atoms with Crippen LogP contribution in [0.5, 0.6) is 0 Å². The molecule has 6 nitrogen and oxygen atoms in total. The van der Waals surface area contributed by atoms with Crippen LogP contribution in [0.15, 0.2) is 30.3 Å². The topological polar surface area (TPSA) is 66.7 Å².